The minimum atomic E-state index is -0.610. The molecule has 1 unspecified atom stereocenters. The molecular formula is C9H9BrCl2N2O. The summed E-state index contributed by atoms with van der Waals surface area (Å²) in [6.07, 6.45) is 0. The van der Waals surface area contributed by atoms with Gasteiger partial charge in [0.05, 0.1) is 21.8 Å². The third kappa shape index (κ3) is 3.34. The molecule has 1 aromatic rings. The first-order valence-corrected chi connectivity index (χ1v) is 5.67. The Kier molecular flexibility index (Phi) is 4.40. The van der Waals surface area contributed by atoms with Gasteiger partial charge in [0, 0.05) is 4.47 Å². The Morgan fingerprint density at radius 2 is 1.93 bits per heavy atom. The first-order chi connectivity index (χ1) is 6.91. The molecule has 0 saturated heterocycles. The molecule has 15 heavy (non-hydrogen) atoms. The van der Waals surface area contributed by atoms with E-state index in [2.05, 4.69) is 21.2 Å². The Bertz CT molecular complexity index is 373. The summed E-state index contributed by atoms with van der Waals surface area (Å²) in [6.45, 7) is 1.58. The summed E-state index contributed by atoms with van der Waals surface area (Å²) >= 11 is 15.1. The summed E-state index contributed by atoms with van der Waals surface area (Å²) in [6, 6.07) is 2.68. The van der Waals surface area contributed by atoms with Gasteiger partial charge in [0.25, 0.3) is 0 Å². The first kappa shape index (κ1) is 12.8. The van der Waals surface area contributed by atoms with Gasteiger partial charge in [-0.2, -0.15) is 0 Å². The second-order valence-electron chi connectivity index (χ2n) is 3.02. The van der Waals surface area contributed by atoms with Crippen molar-refractivity contribution in [1.82, 2.24) is 0 Å². The van der Waals surface area contributed by atoms with Gasteiger partial charge in [0.1, 0.15) is 0 Å². The zero-order valence-corrected chi connectivity index (χ0v) is 10.9. The fraction of sp³-hybridized carbons (Fsp3) is 0.222. The highest BCUT2D eigenvalue weighted by atomic mass is 79.9. The van der Waals surface area contributed by atoms with Crippen molar-refractivity contribution in [3.63, 3.8) is 0 Å². The number of benzene rings is 1. The number of hydrogen-bond donors (Lipinski definition) is 2. The van der Waals surface area contributed by atoms with E-state index in [-0.39, 0.29) is 5.91 Å². The van der Waals surface area contributed by atoms with Crippen LogP contribution in [-0.4, -0.2) is 11.9 Å². The van der Waals surface area contributed by atoms with Gasteiger partial charge in [-0.1, -0.05) is 39.1 Å². The second kappa shape index (κ2) is 5.16. The molecule has 0 aliphatic carbocycles. The van der Waals surface area contributed by atoms with E-state index in [0.717, 1.165) is 4.47 Å². The summed E-state index contributed by atoms with van der Waals surface area (Å²) in [4.78, 5) is 11.3. The SMILES string of the molecule is CC(N)C(=O)Nc1c(Cl)cc(Br)cc1Cl. The molecule has 0 radical (unpaired) electrons. The van der Waals surface area contributed by atoms with E-state index in [1.165, 1.54) is 0 Å². The number of hydrogen-bond acceptors (Lipinski definition) is 2. The third-order valence-corrected chi connectivity index (χ3v) is 2.72. The molecule has 0 saturated carbocycles. The van der Waals surface area contributed by atoms with Crippen LogP contribution in [0.25, 0.3) is 0 Å². The van der Waals surface area contributed by atoms with Crippen LogP contribution in [0.3, 0.4) is 0 Å². The van der Waals surface area contributed by atoms with Crippen LogP contribution < -0.4 is 11.1 Å². The molecule has 1 aromatic carbocycles. The number of carbonyl (C=O) groups is 1. The van der Waals surface area contributed by atoms with Crippen molar-refractivity contribution in [1.29, 1.82) is 0 Å². The van der Waals surface area contributed by atoms with Crippen LogP contribution in [0, 0.1) is 0 Å². The summed E-state index contributed by atoms with van der Waals surface area (Å²) in [5.41, 5.74) is 5.78. The predicted octanol–water partition coefficient (Wildman–Crippen LogP) is 3.04. The Labute approximate surface area is 106 Å². The number of nitrogens with two attached hydrogens (primary N) is 1. The van der Waals surface area contributed by atoms with Gasteiger partial charge < -0.3 is 11.1 Å². The Morgan fingerprint density at radius 3 is 2.33 bits per heavy atom. The lowest BCUT2D eigenvalue weighted by atomic mass is 10.3. The largest absolute Gasteiger partial charge is 0.322 e. The highest BCUT2D eigenvalue weighted by Gasteiger charge is 2.13. The van der Waals surface area contributed by atoms with Gasteiger partial charge in [-0.05, 0) is 19.1 Å². The zero-order valence-electron chi connectivity index (χ0n) is 7.85. The van der Waals surface area contributed by atoms with Crippen LogP contribution in [0.5, 0.6) is 0 Å². The number of carbonyl (C=O) groups excluding carboxylic acids is 1. The number of halogens is 3. The summed E-state index contributed by atoms with van der Waals surface area (Å²) in [5, 5.41) is 3.28. The highest BCUT2D eigenvalue weighted by Crippen LogP contribution is 2.33. The first-order valence-electron chi connectivity index (χ1n) is 4.13. The smallest absolute Gasteiger partial charge is 0.241 e. The van der Waals surface area contributed by atoms with Crippen molar-refractivity contribution in [2.75, 3.05) is 5.32 Å². The fourth-order valence-electron chi connectivity index (χ4n) is 0.899. The van der Waals surface area contributed by atoms with Crippen molar-refractivity contribution in [3.05, 3.63) is 26.7 Å². The lowest BCUT2D eigenvalue weighted by molar-refractivity contribution is -0.117. The van der Waals surface area contributed by atoms with Gasteiger partial charge in [-0.25, -0.2) is 0 Å². The normalized spacial score (nSPS) is 12.3. The van der Waals surface area contributed by atoms with E-state index in [0.29, 0.717) is 15.7 Å². The molecule has 0 aliphatic rings. The van der Waals surface area contributed by atoms with E-state index in [4.69, 9.17) is 28.9 Å². The molecule has 0 fully saturated rings. The molecule has 0 bridgehead atoms. The van der Waals surface area contributed by atoms with Crippen LogP contribution in [0.4, 0.5) is 5.69 Å². The Morgan fingerprint density at radius 1 is 1.47 bits per heavy atom. The monoisotopic (exact) mass is 310 g/mol. The van der Waals surface area contributed by atoms with E-state index in [1.807, 2.05) is 0 Å². The molecule has 6 heteroatoms. The number of amides is 1. The summed E-state index contributed by atoms with van der Waals surface area (Å²) in [5.74, 6) is -0.332. The van der Waals surface area contributed by atoms with Crippen LogP contribution in [-0.2, 0) is 4.79 Å². The molecule has 0 aromatic heterocycles. The van der Waals surface area contributed by atoms with Crippen molar-refractivity contribution < 1.29 is 4.79 Å². The van der Waals surface area contributed by atoms with Crippen LogP contribution in [0.1, 0.15) is 6.92 Å². The Balaban J connectivity index is 3.00. The maximum absolute atomic E-state index is 11.3. The topological polar surface area (TPSA) is 55.1 Å². The lowest BCUT2D eigenvalue weighted by Crippen LogP contribution is -2.32. The average molecular weight is 312 g/mol. The minimum Gasteiger partial charge on any atom is -0.322 e. The van der Waals surface area contributed by atoms with Crippen LogP contribution in [0.15, 0.2) is 16.6 Å². The number of anilines is 1. The molecule has 3 nitrogen and oxygen atoms in total. The molecule has 0 heterocycles. The number of nitrogens with one attached hydrogen (secondary N) is 1. The number of rotatable bonds is 2. The Hall–Kier alpha value is -0.290. The lowest BCUT2D eigenvalue weighted by Gasteiger charge is -2.11. The second-order valence-corrected chi connectivity index (χ2v) is 4.75. The molecule has 0 aliphatic heterocycles. The maximum atomic E-state index is 11.3. The van der Waals surface area contributed by atoms with Crippen molar-refractivity contribution in [2.24, 2.45) is 5.73 Å². The zero-order chi connectivity index (χ0) is 11.6. The third-order valence-electron chi connectivity index (χ3n) is 1.67. The molecule has 1 rings (SSSR count). The van der Waals surface area contributed by atoms with Crippen molar-refractivity contribution in [2.45, 2.75) is 13.0 Å². The van der Waals surface area contributed by atoms with E-state index in [1.54, 1.807) is 19.1 Å². The van der Waals surface area contributed by atoms with E-state index in [9.17, 15) is 4.79 Å². The van der Waals surface area contributed by atoms with Crippen molar-refractivity contribution in [3.8, 4) is 0 Å². The average Bonchev–Trinajstić information content (AvgIpc) is 2.10. The maximum Gasteiger partial charge on any atom is 0.241 e. The van der Waals surface area contributed by atoms with Crippen LogP contribution in [0.2, 0.25) is 10.0 Å². The van der Waals surface area contributed by atoms with Gasteiger partial charge in [0.2, 0.25) is 5.91 Å². The molecule has 3 N–H and O–H groups in total. The molecule has 1 amide bonds. The molecule has 1 atom stereocenters. The highest BCUT2D eigenvalue weighted by molar-refractivity contribution is 9.10. The molecular weight excluding hydrogens is 303 g/mol. The van der Waals surface area contributed by atoms with Gasteiger partial charge in [0.15, 0.2) is 0 Å². The minimum absolute atomic E-state index is 0.332. The van der Waals surface area contributed by atoms with E-state index < -0.39 is 6.04 Å². The van der Waals surface area contributed by atoms with Crippen LogP contribution >= 0.6 is 39.1 Å². The molecule has 0 spiro atoms. The summed E-state index contributed by atoms with van der Waals surface area (Å²) in [7, 11) is 0. The van der Waals surface area contributed by atoms with E-state index >= 15 is 0 Å². The quantitative estimate of drug-likeness (QED) is 0.882. The summed E-state index contributed by atoms with van der Waals surface area (Å²) < 4.78 is 0.747. The molecule has 82 valence electrons. The van der Waals surface area contributed by atoms with Gasteiger partial charge in [-0.15, -0.1) is 0 Å². The van der Waals surface area contributed by atoms with Gasteiger partial charge >= 0.3 is 0 Å². The fourth-order valence-corrected chi connectivity index (χ4v) is 2.20. The van der Waals surface area contributed by atoms with Crippen molar-refractivity contribution >= 4 is 50.7 Å². The predicted molar refractivity (Wildman–Crippen MR) is 66.4 cm³/mol. The van der Waals surface area contributed by atoms with Gasteiger partial charge in [-0.3, -0.25) is 4.79 Å². The standard InChI is InChI=1S/C9H9BrCl2N2O/c1-4(13)9(15)14-8-6(11)2-5(10)3-7(8)12/h2-4H,13H2,1H3,(H,14,15).